The van der Waals surface area contributed by atoms with Gasteiger partial charge in [-0.05, 0) is 6.07 Å². The lowest BCUT2D eigenvalue weighted by Gasteiger charge is -1.99. The van der Waals surface area contributed by atoms with Gasteiger partial charge in [0, 0.05) is 10.9 Å². The molecule has 0 unspecified atom stereocenters. The maximum atomic E-state index is 11.0. The predicted molar refractivity (Wildman–Crippen MR) is 48.8 cm³/mol. The SMILES string of the molecule is O=P(O)(O)c1[c][nH]c2ccccc12. The van der Waals surface area contributed by atoms with E-state index in [1.807, 2.05) is 0 Å². The number of para-hydroxylation sites is 1. The van der Waals surface area contributed by atoms with Gasteiger partial charge in [0.1, 0.15) is 0 Å². The highest BCUT2D eigenvalue weighted by molar-refractivity contribution is 7.60. The second-order valence-electron chi connectivity index (χ2n) is 2.69. The van der Waals surface area contributed by atoms with Crippen molar-refractivity contribution in [3.05, 3.63) is 30.5 Å². The van der Waals surface area contributed by atoms with E-state index in [4.69, 9.17) is 9.79 Å². The van der Waals surface area contributed by atoms with Crippen LogP contribution in [0.25, 0.3) is 10.9 Å². The van der Waals surface area contributed by atoms with Crippen LogP contribution < -0.4 is 5.30 Å². The average molecular weight is 196 g/mol. The van der Waals surface area contributed by atoms with E-state index in [1.165, 1.54) is 0 Å². The Labute approximate surface area is 74.4 Å². The second kappa shape index (κ2) is 2.70. The maximum absolute atomic E-state index is 11.0. The van der Waals surface area contributed by atoms with E-state index >= 15 is 0 Å². The molecule has 0 amide bonds. The molecule has 2 rings (SSSR count). The van der Waals surface area contributed by atoms with E-state index in [0.717, 1.165) is 0 Å². The van der Waals surface area contributed by atoms with Gasteiger partial charge in [-0.15, -0.1) is 0 Å². The molecule has 0 spiro atoms. The lowest BCUT2D eigenvalue weighted by atomic mass is 10.2. The van der Waals surface area contributed by atoms with Crippen molar-refractivity contribution in [1.29, 1.82) is 0 Å². The molecule has 67 valence electrons. The lowest BCUT2D eigenvalue weighted by molar-refractivity contribution is 0.387. The van der Waals surface area contributed by atoms with Crippen LogP contribution in [-0.2, 0) is 4.57 Å². The van der Waals surface area contributed by atoms with Crippen LogP contribution in [0.4, 0.5) is 0 Å². The number of hydrogen-bond acceptors (Lipinski definition) is 1. The number of aromatic nitrogens is 1. The first-order valence-electron chi connectivity index (χ1n) is 3.63. The summed E-state index contributed by atoms with van der Waals surface area (Å²) in [6.07, 6.45) is 2.47. The monoisotopic (exact) mass is 196 g/mol. The zero-order chi connectivity index (χ0) is 9.47. The molecule has 1 radical (unpaired) electrons. The van der Waals surface area contributed by atoms with Gasteiger partial charge in [0.05, 0.1) is 11.5 Å². The van der Waals surface area contributed by atoms with Gasteiger partial charge in [-0.1, -0.05) is 18.2 Å². The normalized spacial score (nSPS) is 12.2. The van der Waals surface area contributed by atoms with Gasteiger partial charge in [0.25, 0.3) is 0 Å². The van der Waals surface area contributed by atoms with E-state index < -0.39 is 7.60 Å². The summed E-state index contributed by atoms with van der Waals surface area (Å²) >= 11 is 0. The number of fused-ring (bicyclic) bond motifs is 1. The Hall–Kier alpha value is -1.09. The molecule has 13 heavy (non-hydrogen) atoms. The van der Waals surface area contributed by atoms with E-state index in [2.05, 4.69) is 11.2 Å². The fraction of sp³-hybridized carbons (Fsp3) is 0. The Morgan fingerprint density at radius 2 is 2.00 bits per heavy atom. The third-order valence-electron chi connectivity index (χ3n) is 1.79. The quantitative estimate of drug-likeness (QED) is 0.590. The van der Waals surface area contributed by atoms with Gasteiger partial charge in [-0.3, -0.25) is 4.57 Å². The molecule has 0 fully saturated rings. The smallest absolute Gasteiger partial charge is 0.353 e. The molecule has 0 saturated carbocycles. The molecule has 0 atom stereocenters. The molecule has 1 aromatic carbocycles. The molecule has 2 aromatic rings. The molecule has 0 saturated heterocycles. The Balaban J connectivity index is 2.79. The number of rotatable bonds is 1. The van der Waals surface area contributed by atoms with Crippen LogP contribution in [0.3, 0.4) is 0 Å². The van der Waals surface area contributed by atoms with Crippen LogP contribution >= 0.6 is 7.60 Å². The second-order valence-corrected chi connectivity index (χ2v) is 4.22. The molecule has 5 heteroatoms. The average Bonchev–Trinajstić information content (AvgIpc) is 2.45. The summed E-state index contributed by atoms with van der Waals surface area (Å²) in [4.78, 5) is 20.5. The van der Waals surface area contributed by atoms with Crippen LogP contribution in [0.15, 0.2) is 24.3 Å². The summed E-state index contributed by atoms with van der Waals surface area (Å²) in [6.45, 7) is 0. The minimum absolute atomic E-state index is 0.0666. The fourth-order valence-electron chi connectivity index (χ4n) is 1.22. The molecule has 1 heterocycles. The summed E-state index contributed by atoms with van der Waals surface area (Å²) in [7, 11) is -4.20. The van der Waals surface area contributed by atoms with Crippen molar-refractivity contribution in [1.82, 2.24) is 4.98 Å². The zero-order valence-electron chi connectivity index (χ0n) is 6.56. The van der Waals surface area contributed by atoms with Gasteiger partial charge in [-0.25, -0.2) is 0 Å². The Kier molecular flexibility index (Phi) is 1.77. The van der Waals surface area contributed by atoms with Crippen molar-refractivity contribution in [3.8, 4) is 0 Å². The van der Waals surface area contributed by atoms with E-state index in [9.17, 15) is 4.57 Å². The molecule has 0 aliphatic rings. The summed E-state index contributed by atoms with van der Waals surface area (Å²) in [5.74, 6) is 0. The van der Waals surface area contributed by atoms with Gasteiger partial charge in [0.15, 0.2) is 0 Å². The minimum atomic E-state index is -4.20. The van der Waals surface area contributed by atoms with E-state index in [0.29, 0.717) is 10.9 Å². The fourth-order valence-corrected chi connectivity index (χ4v) is 1.93. The first-order chi connectivity index (χ1) is 6.09. The zero-order valence-corrected chi connectivity index (χ0v) is 7.45. The van der Waals surface area contributed by atoms with Crippen LogP contribution in [0.5, 0.6) is 0 Å². The highest BCUT2D eigenvalue weighted by Crippen LogP contribution is 2.35. The van der Waals surface area contributed by atoms with Crippen molar-refractivity contribution in [2.75, 3.05) is 0 Å². The number of hydrogen-bond donors (Lipinski definition) is 3. The van der Waals surface area contributed by atoms with Crippen molar-refractivity contribution in [2.45, 2.75) is 0 Å². The van der Waals surface area contributed by atoms with E-state index in [1.54, 1.807) is 24.3 Å². The maximum Gasteiger partial charge on any atom is 0.359 e. The standard InChI is InChI=1S/C8H7NO3P/c10-13(11,12)8-5-9-7-4-2-1-3-6(7)8/h1-4,9H,(H2,10,11,12). The predicted octanol–water partition coefficient (Wildman–Crippen LogP) is 0.771. The Morgan fingerprint density at radius 1 is 1.31 bits per heavy atom. The lowest BCUT2D eigenvalue weighted by Crippen LogP contribution is -2.00. The molecule has 0 aliphatic heterocycles. The Bertz CT molecular complexity index is 485. The third kappa shape index (κ3) is 1.40. The van der Waals surface area contributed by atoms with Crippen molar-refractivity contribution in [3.63, 3.8) is 0 Å². The van der Waals surface area contributed by atoms with Crippen molar-refractivity contribution < 1.29 is 14.4 Å². The molecular weight excluding hydrogens is 189 g/mol. The first-order valence-corrected chi connectivity index (χ1v) is 5.25. The van der Waals surface area contributed by atoms with Gasteiger partial charge < -0.3 is 14.8 Å². The van der Waals surface area contributed by atoms with Gasteiger partial charge in [-0.2, -0.15) is 0 Å². The number of nitrogens with one attached hydrogen (secondary N) is 1. The topological polar surface area (TPSA) is 73.3 Å². The Morgan fingerprint density at radius 3 is 2.69 bits per heavy atom. The van der Waals surface area contributed by atoms with Gasteiger partial charge in [0.2, 0.25) is 0 Å². The van der Waals surface area contributed by atoms with Crippen molar-refractivity contribution in [2.24, 2.45) is 0 Å². The number of aromatic amines is 1. The van der Waals surface area contributed by atoms with Crippen molar-refractivity contribution >= 4 is 23.8 Å². The third-order valence-corrected chi connectivity index (χ3v) is 2.72. The molecule has 4 nitrogen and oxygen atoms in total. The largest absolute Gasteiger partial charge is 0.359 e. The van der Waals surface area contributed by atoms with Crippen LogP contribution in [0.2, 0.25) is 0 Å². The van der Waals surface area contributed by atoms with E-state index in [-0.39, 0.29) is 5.30 Å². The summed E-state index contributed by atoms with van der Waals surface area (Å²) < 4.78 is 11.0. The van der Waals surface area contributed by atoms with Gasteiger partial charge >= 0.3 is 7.60 Å². The highest BCUT2D eigenvalue weighted by Gasteiger charge is 2.21. The molecule has 0 aliphatic carbocycles. The summed E-state index contributed by atoms with van der Waals surface area (Å²) in [5.41, 5.74) is 0.681. The first kappa shape index (κ1) is 8.51. The molecule has 0 bridgehead atoms. The summed E-state index contributed by atoms with van der Waals surface area (Å²) in [5, 5.41) is 0.457. The van der Waals surface area contributed by atoms with Crippen LogP contribution in [0, 0.1) is 6.20 Å². The van der Waals surface area contributed by atoms with Crippen LogP contribution in [-0.4, -0.2) is 14.8 Å². The molecular formula is C8H7NO3P. The van der Waals surface area contributed by atoms with Crippen LogP contribution in [0.1, 0.15) is 0 Å². The highest BCUT2D eigenvalue weighted by atomic mass is 31.2. The molecule has 1 aromatic heterocycles. The minimum Gasteiger partial charge on any atom is -0.353 e. The number of H-pyrrole nitrogens is 1. The number of benzene rings is 1. The summed E-state index contributed by atoms with van der Waals surface area (Å²) in [6, 6.07) is 6.90. The molecule has 3 N–H and O–H groups in total.